The van der Waals surface area contributed by atoms with Crippen molar-refractivity contribution in [1.82, 2.24) is 9.80 Å². The maximum atomic E-state index is 12.3. The Morgan fingerprint density at radius 1 is 1.22 bits per heavy atom. The van der Waals surface area contributed by atoms with Crippen molar-refractivity contribution in [3.8, 4) is 5.75 Å². The molecule has 6 nitrogen and oxygen atoms in total. The normalized spacial score (nSPS) is 21.9. The lowest BCUT2D eigenvalue weighted by Crippen LogP contribution is -2.49. The van der Waals surface area contributed by atoms with E-state index in [1.54, 1.807) is 19.2 Å². The van der Waals surface area contributed by atoms with Crippen molar-refractivity contribution in [2.24, 2.45) is 0 Å². The second-order valence-corrected chi connectivity index (χ2v) is 6.17. The Labute approximate surface area is 136 Å². The number of phenolic OH excluding ortho intramolecular Hbond substituents is 1. The van der Waals surface area contributed by atoms with Gasteiger partial charge in [0.1, 0.15) is 5.75 Å². The van der Waals surface area contributed by atoms with Gasteiger partial charge in [-0.2, -0.15) is 0 Å². The molecule has 1 aromatic carbocycles. The van der Waals surface area contributed by atoms with E-state index >= 15 is 0 Å². The van der Waals surface area contributed by atoms with Crippen LogP contribution in [0.3, 0.4) is 0 Å². The molecular weight excluding hydrogens is 296 g/mol. The van der Waals surface area contributed by atoms with E-state index < -0.39 is 0 Å². The minimum atomic E-state index is -0.149. The number of aromatic hydroxyl groups is 1. The van der Waals surface area contributed by atoms with Crippen molar-refractivity contribution < 1.29 is 19.4 Å². The molecule has 1 N–H and O–H groups in total. The van der Waals surface area contributed by atoms with Crippen LogP contribution in [-0.2, 0) is 9.53 Å². The number of Topliss-reactive ketones (excluding diaryl/α,β-unsaturated/α-hetero) is 1. The topological polar surface area (TPSA) is 70.1 Å². The van der Waals surface area contributed by atoms with Crippen molar-refractivity contribution in [2.75, 3.05) is 33.2 Å². The van der Waals surface area contributed by atoms with E-state index in [0.29, 0.717) is 5.56 Å². The maximum absolute atomic E-state index is 12.3. The Balaban J connectivity index is 1.87. The summed E-state index contributed by atoms with van der Waals surface area (Å²) in [5.74, 6) is -0.121. The van der Waals surface area contributed by atoms with Gasteiger partial charge in [0.05, 0.1) is 25.3 Å². The summed E-state index contributed by atoms with van der Waals surface area (Å²) < 4.78 is 5.65. The quantitative estimate of drug-likeness (QED) is 0.824. The van der Waals surface area contributed by atoms with Gasteiger partial charge in [0, 0.05) is 25.7 Å². The van der Waals surface area contributed by atoms with Gasteiger partial charge in [0.2, 0.25) is 5.91 Å². The van der Waals surface area contributed by atoms with Crippen LogP contribution in [-0.4, -0.2) is 72.0 Å². The van der Waals surface area contributed by atoms with Gasteiger partial charge in [-0.05, 0) is 38.1 Å². The van der Waals surface area contributed by atoms with E-state index in [-0.39, 0.29) is 42.7 Å². The number of morpholine rings is 1. The highest BCUT2D eigenvalue weighted by Crippen LogP contribution is 2.12. The Hall–Kier alpha value is -1.92. The van der Waals surface area contributed by atoms with E-state index in [9.17, 15) is 14.7 Å². The van der Waals surface area contributed by atoms with Gasteiger partial charge in [-0.25, -0.2) is 0 Å². The molecule has 1 amide bonds. The summed E-state index contributed by atoms with van der Waals surface area (Å²) in [5, 5.41) is 9.24. The Morgan fingerprint density at radius 2 is 1.78 bits per heavy atom. The van der Waals surface area contributed by atoms with E-state index in [4.69, 9.17) is 4.74 Å². The number of carbonyl (C=O) groups excluding carboxylic acids is 2. The molecule has 0 unspecified atom stereocenters. The molecule has 2 rings (SSSR count). The average molecular weight is 320 g/mol. The summed E-state index contributed by atoms with van der Waals surface area (Å²) in [7, 11) is 1.63. The molecule has 6 heteroatoms. The summed E-state index contributed by atoms with van der Waals surface area (Å²) >= 11 is 0. The first-order chi connectivity index (χ1) is 10.8. The first-order valence-corrected chi connectivity index (χ1v) is 7.79. The first-order valence-electron chi connectivity index (χ1n) is 7.79. The van der Waals surface area contributed by atoms with Crippen molar-refractivity contribution >= 4 is 11.7 Å². The van der Waals surface area contributed by atoms with Crippen LogP contribution in [0.4, 0.5) is 0 Å². The number of ether oxygens (including phenoxy) is 1. The molecule has 0 saturated carbocycles. The fourth-order valence-corrected chi connectivity index (χ4v) is 2.77. The molecule has 23 heavy (non-hydrogen) atoms. The van der Waals surface area contributed by atoms with Crippen LogP contribution in [0.1, 0.15) is 24.2 Å². The van der Waals surface area contributed by atoms with Crippen molar-refractivity contribution in [3.05, 3.63) is 29.8 Å². The molecule has 1 heterocycles. The number of nitrogens with zero attached hydrogens (tertiary/aromatic N) is 2. The number of hydrogen-bond donors (Lipinski definition) is 1. The number of amides is 1. The largest absolute Gasteiger partial charge is 0.508 e. The lowest BCUT2D eigenvalue weighted by molar-refractivity contribution is -0.134. The van der Waals surface area contributed by atoms with Gasteiger partial charge < -0.3 is 14.7 Å². The van der Waals surface area contributed by atoms with Crippen LogP contribution in [0.2, 0.25) is 0 Å². The van der Waals surface area contributed by atoms with E-state index in [1.807, 2.05) is 13.8 Å². The van der Waals surface area contributed by atoms with E-state index in [2.05, 4.69) is 4.90 Å². The smallest absolute Gasteiger partial charge is 0.236 e. The molecule has 1 saturated heterocycles. The molecular formula is C17H24N2O4. The van der Waals surface area contributed by atoms with Crippen LogP contribution in [0.25, 0.3) is 0 Å². The number of benzene rings is 1. The zero-order chi connectivity index (χ0) is 17.0. The summed E-state index contributed by atoms with van der Waals surface area (Å²) in [6.07, 6.45) is 0.214. The monoisotopic (exact) mass is 320 g/mol. The van der Waals surface area contributed by atoms with E-state index in [1.165, 1.54) is 17.0 Å². The van der Waals surface area contributed by atoms with Crippen LogP contribution < -0.4 is 0 Å². The van der Waals surface area contributed by atoms with Crippen LogP contribution in [0, 0.1) is 0 Å². The highest BCUT2D eigenvalue weighted by Gasteiger charge is 2.25. The molecule has 2 atom stereocenters. The molecule has 0 radical (unpaired) electrons. The van der Waals surface area contributed by atoms with Gasteiger partial charge >= 0.3 is 0 Å². The van der Waals surface area contributed by atoms with Crippen LogP contribution >= 0.6 is 0 Å². The molecule has 1 aromatic rings. The van der Waals surface area contributed by atoms with Gasteiger partial charge in [-0.3, -0.25) is 14.5 Å². The zero-order valence-electron chi connectivity index (χ0n) is 13.9. The van der Waals surface area contributed by atoms with Crippen molar-refractivity contribution in [2.45, 2.75) is 26.1 Å². The summed E-state index contributed by atoms with van der Waals surface area (Å²) in [6, 6.07) is 6.04. The van der Waals surface area contributed by atoms with Gasteiger partial charge in [-0.15, -0.1) is 0 Å². The minimum Gasteiger partial charge on any atom is -0.508 e. The lowest BCUT2D eigenvalue weighted by atomic mass is 10.1. The van der Waals surface area contributed by atoms with Crippen molar-refractivity contribution in [1.29, 1.82) is 0 Å². The Morgan fingerprint density at radius 3 is 2.35 bits per heavy atom. The van der Waals surface area contributed by atoms with Gasteiger partial charge in [0.15, 0.2) is 5.78 Å². The fourth-order valence-electron chi connectivity index (χ4n) is 2.77. The highest BCUT2D eigenvalue weighted by atomic mass is 16.5. The van der Waals surface area contributed by atoms with Crippen LogP contribution in [0.15, 0.2) is 24.3 Å². The number of rotatable bonds is 5. The molecule has 0 bridgehead atoms. The number of ketones is 1. The lowest BCUT2D eigenvalue weighted by Gasteiger charge is -2.35. The highest BCUT2D eigenvalue weighted by molar-refractivity contribution is 5.99. The van der Waals surface area contributed by atoms with Crippen LogP contribution in [0.5, 0.6) is 5.75 Å². The first kappa shape index (κ1) is 17.4. The molecule has 1 aliphatic heterocycles. The Bertz CT molecular complexity index is 548. The minimum absolute atomic E-state index is 0.0268. The summed E-state index contributed by atoms with van der Waals surface area (Å²) in [6.45, 7) is 5.73. The third-order valence-electron chi connectivity index (χ3n) is 3.85. The van der Waals surface area contributed by atoms with Crippen molar-refractivity contribution in [3.63, 3.8) is 0 Å². The number of hydrogen-bond acceptors (Lipinski definition) is 5. The summed E-state index contributed by atoms with van der Waals surface area (Å²) in [4.78, 5) is 28.0. The molecule has 1 aliphatic rings. The third-order valence-corrected chi connectivity index (χ3v) is 3.85. The number of likely N-dealkylation sites (N-methyl/N-ethyl adjacent to an activating group) is 1. The predicted molar refractivity (Wildman–Crippen MR) is 86.5 cm³/mol. The standard InChI is InChI=1S/C17H24N2O4/c1-12-8-19(9-13(2)23-12)11-17(22)18(3)10-16(21)14-4-6-15(20)7-5-14/h4-7,12-13,20H,8-11H2,1-3H3/t12-,13+. The third kappa shape index (κ3) is 5.04. The van der Waals surface area contributed by atoms with E-state index in [0.717, 1.165) is 13.1 Å². The SMILES string of the molecule is C[C@@H]1CN(CC(=O)N(C)CC(=O)c2ccc(O)cc2)C[C@H](C)O1. The Kier molecular flexibility index (Phi) is 5.74. The zero-order valence-corrected chi connectivity index (χ0v) is 13.9. The second kappa shape index (κ2) is 7.57. The van der Waals surface area contributed by atoms with Gasteiger partial charge in [-0.1, -0.05) is 0 Å². The fraction of sp³-hybridized carbons (Fsp3) is 0.529. The number of carbonyl (C=O) groups is 2. The van der Waals surface area contributed by atoms with Gasteiger partial charge in [0.25, 0.3) is 0 Å². The molecule has 126 valence electrons. The maximum Gasteiger partial charge on any atom is 0.236 e. The second-order valence-electron chi connectivity index (χ2n) is 6.17. The molecule has 0 aliphatic carbocycles. The molecule has 0 spiro atoms. The molecule has 1 fully saturated rings. The predicted octanol–water partition coefficient (Wildman–Crippen LogP) is 1.14. The summed E-state index contributed by atoms with van der Waals surface area (Å²) in [5.41, 5.74) is 0.482. The molecule has 0 aromatic heterocycles. The number of phenols is 1. The average Bonchev–Trinajstić information content (AvgIpc) is 2.46.